The van der Waals surface area contributed by atoms with Crippen LogP contribution in [0.2, 0.25) is 0 Å². The van der Waals surface area contributed by atoms with Gasteiger partial charge in [-0.2, -0.15) is 8.78 Å². The molecule has 206 valence electrons. The molecule has 0 spiro atoms. The fraction of sp³-hybridized carbons (Fsp3) is 0.308. The van der Waals surface area contributed by atoms with Gasteiger partial charge in [-0.3, -0.25) is 9.59 Å². The molecule has 1 unspecified atom stereocenters. The number of amides is 3. The van der Waals surface area contributed by atoms with Crippen molar-refractivity contribution in [3.8, 4) is 23.0 Å². The Morgan fingerprint density at radius 2 is 1.82 bits per heavy atom. The first kappa shape index (κ1) is 27.4. The van der Waals surface area contributed by atoms with E-state index >= 15 is 0 Å². The molecule has 0 bridgehead atoms. The zero-order valence-electron chi connectivity index (χ0n) is 20.8. The SMILES string of the molecule is CC(OC(N)=O)c1oc(-c2ccc(OC(F)F)c(OCC3CC3)c2)nc1C(=O)Nc1ccc(CC(N)=O)cc1. The number of carbonyl (C=O) groups is 3. The number of halogens is 2. The van der Waals surface area contributed by atoms with Crippen LogP contribution in [0.3, 0.4) is 0 Å². The molecular formula is C26H26F2N4O7. The number of nitrogens with two attached hydrogens (primary N) is 2. The van der Waals surface area contributed by atoms with Gasteiger partial charge in [0.05, 0.1) is 13.0 Å². The van der Waals surface area contributed by atoms with Crippen molar-refractivity contribution in [1.29, 1.82) is 0 Å². The van der Waals surface area contributed by atoms with Gasteiger partial charge in [-0.1, -0.05) is 12.1 Å². The third-order valence-corrected chi connectivity index (χ3v) is 5.70. The van der Waals surface area contributed by atoms with E-state index in [0.717, 1.165) is 12.8 Å². The number of aromatic nitrogens is 1. The second-order valence-corrected chi connectivity index (χ2v) is 8.90. The van der Waals surface area contributed by atoms with E-state index in [1.165, 1.54) is 25.1 Å². The number of rotatable bonds is 12. The average molecular weight is 545 g/mol. The predicted molar refractivity (Wildman–Crippen MR) is 133 cm³/mol. The number of ether oxygens (including phenoxy) is 3. The van der Waals surface area contributed by atoms with E-state index in [9.17, 15) is 23.2 Å². The summed E-state index contributed by atoms with van der Waals surface area (Å²) in [7, 11) is 0. The third-order valence-electron chi connectivity index (χ3n) is 5.70. The fourth-order valence-electron chi connectivity index (χ4n) is 3.66. The van der Waals surface area contributed by atoms with Crippen molar-refractivity contribution in [2.24, 2.45) is 17.4 Å². The summed E-state index contributed by atoms with van der Waals surface area (Å²) in [5.74, 6) is -1.11. The van der Waals surface area contributed by atoms with Crippen molar-refractivity contribution in [2.45, 2.75) is 38.9 Å². The van der Waals surface area contributed by atoms with E-state index in [4.69, 9.17) is 25.4 Å². The van der Waals surface area contributed by atoms with E-state index < -0.39 is 30.6 Å². The molecule has 39 heavy (non-hydrogen) atoms. The molecule has 2 aromatic carbocycles. The zero-order valence-corrected chi connectivity index (χ0v) is 20.8. The molecule has 3 aromatic rings. The van der Waals surface area contributed by atoms with Gasteiger partial charge in [0.1, 0.15) is 0 Å². The molecule has 13 heteroatoms. The molecule has 1 atom stereocenters. The van der Waals surface area contributed by atoms with Crippen LogP contribution in [0.4, 0.5) is 19.3 Å². The Morgan fingerprint density at radius 3 is 2.44 bits per heavy atom. The Labute approximate surface area is 221 Å². The molecule has 1 saturated carbocycles. The number of hydrogen-bond donors (Lipinski definition) is 3. The van der Waals surface area contributed by atoms with Crippen LogP contribution in [0, 0.1) is 5.92 Å². The van der Waals surface area contributed by atoms with Crippen LogP contribution in [0.15, 0.2) is 46.9 Å². The highest BCUT2D eigenvalue weighted by Gasteiger charge is 2.28. The van der Waals surface area contributed by atoms with Gasteiger partial charge in [0.25, 0.3) is 5.91 Å². The lowest BCUT2D eigenvalue weighted by Gasteiger charge is -2.13. The minimum absolute atomic E-state index is 0.0422. The maximum atomic E-state index is 13.2. The predicted octanol–water partition coefficient (Wildman–Crippen LogP) is 4.17. The lowest BCUT2D eigenvalue weighted by Crippen LogP contribution is -2.19. The molecule has 5 N–H and O–H groups in total. The zero-order chi connectivity index (χ0) is 28.1. The lowest BCUT2D eigenvalue weighted by atomic mass is 10.1. The van der Waals surface area contributed by atoms with Crippen LogP contribution >= 0.6 is 0 Å². The largest absolute Gasteiger partial charge is 0.489 e. The Kier molecular flexibility index (Phi) is 8.27. The summed E-state index contributed by atoms with van der Waals surface area (Å²) in [5.41, 5.74) is 11.5. The highest BCUT2D eigenvalue weighted by atomic mass is 19.3. The highest BCUT2D eigenvalue weighted by Crippen LogP contribution is 2.37. The number of anilines is 1. The monoisotopic (exact) mass is 544 g/mol. The second-order valence-electron chi connectivity index (χ2n) is 8.90. The topological polar surface area (TPSA) is 169 Å². The summed E-state index contributed by atoms with van der Waals surface area (Å²) in [6, 6.07) is 10.5. The van der Waals surface area contributed by atoms with Crippen molar-refractivity contribution >= 4 is 23.6 Å². The molecule has 0 aliphatic heterocycles. The highest BCUT2D eigenvalue weighted by molar-refractivity contribution is 6.04. The van der Waals surface area contributed by atoms with Gasteiger partial charge in [-0.15, -0.1) is 0 Å². The molecule has 0 radical (unpaired) electrons. The van der Waals surface area contributed by atoms with Gasteiger partial charge in [0.2, 0.25) is 11.8 Å². The number of primary amides is 2. The average Bonchev–Trinajstić information content (AvgIpc) is 3.58. The normalized spacial score (nSPS) is 13.5. The Morgan fingerprint density at radius 1 is 1.10 bits per heavy atom. The van der Waals surface area contributed by atoms with Crippen LogP contribution < -0.4 is 26.3 Å². The number of benzene rings is 2. The summed E-state index contributed by atoms with van der Waals surface area (Å²) < 4.78 is 46.9. The molecule has 1 aliphatic rings. The van der Waals surface area contributed by atoms with Crippen molar-refractivity contribution in [2.75, 3.05) is 11.9 Å². The smallest absolute Gasteiger partial charge is 0.405 e. The van der Waals surface area contributed by atoms with Crippen molar-refractivity contribution < 1.29 is 41.8 Å². The van der Waals surface area contributed by atoms with Crippen LogP contribution in [0.25, 0.3) is 11.5 Å². The Hall–Kier alpha value is -4.68. The maximum absolute atomic E-state index is 13.2. The fourth-order valence-corrected chi connectivity index (χ4v) is 3.66. The number of hydrogen-bond acceptors (Lipinski definition) is 8. The quantitative estimate of drug-likeness (QED) is 0.305. The number of nitrogens with zero attached hydrogens (tertiary/aromatic N) is 1. The number of nitrogens with one attached hydrogen (secondary N) is 1. The molecule has 1 heterocycles. The van der Waals surface area contributed by atoms with Crippen LogP contribution in [-0.2, 0) is 16.0 Å². The molecule has 1 aromatic heterocycles. The molecular weight excluding hydrogens is 518 g/mol. The molecule has 11 nitrogen and oxygen atoms in total. The summed E-state index contributed by atoms with van der Waals surface area (Å²) in [4.78, 5) is 39.9. The van der Waals surface area contributed by atoms with Gasteiger partial charge >= 0.3 is 12.7 Å². The number of alkyl halides is 2. The summed E-state index contributed by atoms with van der Waals surface area (Å²) >= 11 is 0. The first-order valence-corrected chi connectivity index (χ1v) is 12.0. The van der Waals surface area contributed by atoms with Gasteiger partial charge in [-0.25, -0.2) is 9.78 Å². The van der Waals surface area contributed by atoms with Gasteiger partial charge in [-0.05, 0) is 61.6 Å². The number of oxazole rings is 1. The summed E-state index contributed by atoms with van der Waals surface area (Å²) in [6.45, 7) is -1.29. The van der Waals surface area contributed by atoms with E-state index in [-0.39, 0.29) is 35.3 Å². The van der Waals surface area contributed by atoms with Gasteiger partial charge in [0.15, 0.2) is 29.1 Å². The van der Waals surface area contributed by atoms with E-state index in [1.807, 2.05) is 0 Å². The van der Waals surface area contributed by atoms with Crippen LogP contribution in [0.1, 0.15) is 47.7 Å². The molecule has 4 rings (SSSR count). The summed E-state index contributed by atoms with van der Waals surface area (Å²) in [6.07, 6.45) is -0.174. The van der Waals surface area contributed by atoms with E-state index in [2.05, 4.69) is 15.0 Å². The minimum Gasteiger partial charge on any atom is -0.489 e. The molecule has 1 aliphatic carbocycles. The molecule has 1 fully saturated rings. The van der Waals surface area contributed by atoms with E-state index in [1.54, 1.807) is 24.3 Å². The van der Waals surface area contributed by atoms with Gasteiger partial charge in [0, 0.05) is 11.3 Å². The van der Waals surface area contributed by atoms with Crippen LogP contribution in [0.5, 0.6) is 11.5 Å². The lowest BCUT2D eigenvalue weighted by molar-refractivity contribution is -0.117. The van der Waals surface area contributed by atoms with Crippen LogP contribution in [-0.4, -0.2) is 36.1 Å². The maximum Gasteiger partial charge on any atom is 0.405 e. The minimum atomic E-state index is -3.06. The standard InChI is InChI=1S/C26H26F2N4O7/c1-13(37-26(30)35)22-21(23(34)31-17-7-4-14(5-8-17)10-20(29)33)32-24(39-22)16-6-9-18(38-25(27)28)19(11-16)36-12-15-2-3-15/h4-9,11,13,15,25H,2-3,10,12H2,1H3,(H2,29,33)(H2,30,35)(H,31,34). The van der Waals surface area contributed by atoms with E-state index in [0.29, 0.717) is 29.3 Å². The molecule has 3 amide bonds. The van der Waals surface area contributed by atoms with Crippen molar-refractivity contribution in [3.63, 3.8) is 0 Å². The third kappa shape index (κ3) is 7.43. The Bertz CT molecular complexity index is 1360. The first-order valence-electron chi connectivity index (χ1n) is 12.0. The second kappa shape index (κ2) is 11.8. The first-order chi connectivity index (χ1) is 18.6. The molecule has 0 saturated heterocycles. The van der Waals surface area contributed by atoms with Gasteiger partial charge < -0.3 is 35.4 Å². The summed E-state index contributed by atoms with van der Waals surface area (Å²) in [5, 5.41) is 2.66. The van der Waals surface area contributed by atoms with Crippen molar-refractivity contribution in [3.05, 3.63) is 59.5 Å². The van der Waals surface area contributed by atoms with Crippen molar-refractivity contribution in [1.82, 2.24) is 4.98 Å². The Balaban J connectivity index is 1.64. The number of carbonyl (C=O) groups excluding carboxylic acids is 3.